The molecule has 18 heavy (non-hydrogen) atoms. The quantitative estimate of drug-likeness (QED) is 0.317. The van der Waals surface area contributed by atoms with Crippen molar-refractivity contribution in [2.24, 2.45) is 5.84 Å². The van der Waals surface area contributed by atoms with Crippen LogP contribution in [-0.2, 0) is 0 Å². The van der Waals surface area contributed by atoms with E-state index in [-0.39, 0.29) is 6.61 Å². The van der Waals surface area contributed by atoms with Gasteiger partial charge in [-0.2, -0.15) is 0 Å². The number of hydrogen-bond donors (Lipinski definition) is 4. The third-order valence-electron chi connectivity index (χ3n) is 2.77. The van der Waals surface area contributed by atoms with Gasteiger partial charge in [0.25, 0.3) is 0 Å². The molecule has 0 aromatic carbocycles. The van der Waals surface area contributed by atoms with E-state index in [0.29, 0.717) is 11.6 Å². The molecule has 0 atom stereocenters. The van der Waals surface area contributed by atoms with E-state index in [1.54, 1.807) is 0 Å². The molecule has 102 valence electrons. The first kappa shape index (κ1) is 14.7. The zero-order chi connectivity index (χ0) is 13.4. The fraction of sp³-hybridized carbons (Fsp3) is 0.667. The summed E-state index contributed by atoms with van der Waals surface area (Å²) in [6.45, 7) is 4.92. The summed E-state index contributed by atoms with van der Waals surface area (Å²) >= 11 is 0. The number of nitrogens with one attached hydrogen (secondary N) is 2. The molecular formula is C12H23N5O. The van der Waals surface area contributed by atoms with Crippen molar-refractivity contribution in [2.45, 2.75) is 39.5 Å². The Morgan fingerprint density at radius 2 is 1.72 bits per heavy atom. The standard InChI is InChI=1S/C12H23N5O/c1-9-11(14-7-5-3-4-6-8-18)15-10(2)16-12(9)17-13/h18H,3-8,13H2,1-2H3,(H2,14,15,16,17). The molecule has 1 aromatic heterocycles. The van der Waals surface area contributed by atoms with Crippen LogP contribution in [0.4, 0.5) is 11.6 Å². The van der Waals surface area contributed by atoms with Gasteiger partial charge in [-0.05, 0) is 26.7 Å². The molecular weight excluding hydrogens is 230 g/mol. The number of aromatic nitrogens is 2. The van der Waals surface area contributed by atoms with Crippen LogP contribution in [0, 0.1) is 13.8 Å². The monoisotopic (exact) mass is 253 g/mol. The molecule has 0 spiro atoms. The van der Waals surface area contributed by atoms with Crippen molar-refractivity contribution in [1.82, 2.24) is 9.97 Å². The predicted molar refractivity (Wildman–Crippen MR) is 73.4 cm³/mol. The fourth-order valence-corrected chi connectivity index (χ4v) is 1.74. The number of hydrazine groups is 1. The highest BCUT2D eigenvalue weighted by Gasteiger charge is 2.07. The second-order valence-electron chi connectivity index (χ2n) is 4.30. The Kier molecular flexibility index (Phi) is 6.38. The summed E-state index contributed by atoms with van der Waals surface area (Å²) in [4.78, 5) is 8.56. The van der Waals surface area contributed by atoms with Crippen molar-refractivity contribution in [3.05, 3.63) is 11.4 Å². The first-order chi connectivity index (χ1) is 8.69. The maximum Gasteiger partial charge on any atom is 0.148 e. The van der Waals surface area contributed by atoms with Crippen molar-refractivity contribution < 1.29 is 5.11 Å². The molecule has 0 unspecified atom stereocenters. The van der Waals surface area contributed by atoms with Gasteiger partial charge in [-0.15, -0.1) is 0 Å². The van der Waals surface area contributed by atoms with E-state index in [9.17, 15) is 0 Å². The number of unbranched alkanes of at least 4 members (excludes halogenated alkanes) is 3. The van der Waals surface area contributed by atoms with Crippen LogP contribution in [0.1, 0.15) is 37.1 Å². The third kappa shape index (κ3) is 4.46. The Labute approximate surface area is 108 Å². The maximum absolute atomic E-state index is 8.67. The minimum Gasteiger partial charge on any atom is -0.396 e. The first-order valence-electron chi connectivity index (χ1n) is 6.35. The summed E-state index contributed by atoms with van der Waals surface area (Å²) in [5.41, 5.74) is 3.51. The van der Waals surface area contributed by atoms with E-state index < -0.39 is 0 Å². The van der Waals surface area contributed by atoms with E-state index in [1.807, 2.05) is 13.8 Å². The predicted octanol–water partition coefficient (Wildman–Crippen LogP) is 1.34. The minimum absolute atomic E-state index is 0.281. The number of aliphatic hydroxyl groups is 1. The molecule has 0 saturated carbocycles. The van der Waals surface area contributed by atoms with E-state index in [1.165, 1.54) is 0 Å². The second-order valence-corrected chi connectivity index (χ2v) is 4.30. The Bertz CT molecular complexity index is 370. The number of nitrogens with zero attached hydrogens (tertiary/aromatic N) is 2. The highest BCUT2D eigenvalue weighted by Crippen LogP contribution is 2.18. The molecule has 0 aliphatic carbocycles. The van der Waals surface area contributed by atoms with Crippen LogP contribution in [0.15, 0.2) is 0 Å². The molecule has 0 saturated heterocycles. The maximum atomic E-state index is 8.67. The molecule has 0 radical (unpaired) electrons. The van der Waals surface area contributed by atoms with Gasteiger partial charge in [-0.25, -0.2) is 15.8 Å². The Hall–Kier alpha value is -1.40. The summed E-state index contributed by atoms with van der Waals surface area (Å²) in [5, 5.41) is 12.0. The van der Waals surface area contributed by atoms with Crippen LogP contribution >= 0.6 is 0 Å². The molecule has 0 aliphatic heterocycles. The average molecular weight is 253 g/mol. The van der Waals surface area contributed by atoms with Crippen molar-refractivity contribution in [3.8, 4) is 0 Å². The summed E-state index contributed by atoms with van der Waals surface area (Å²) in [5.74, 6) is 7.59. The normalized spacial score (nSPS) is 10.4. The first-order valence-corrected chi connectivity index (χ1v) is 6.35. The summed E-state index contributed by atoms with van der Waals surface area (Å²) in [7, 11) is 0. The van der Waals surface area contributed by atoms with Crippen LogP contribution in [0.3, 0.4) is 0 Å². The highest BCUT2D eigenvalue weighted by molar-refractivity contribution is 5.56. The van der Waals surface area contributed by atoms with Gasteiger partial charge in [0, 0.05) is 18.7 Å². The smallest absolute Gasteiger partial charge is 0.148 e. The second kappa shape index (κ2) is 7.84. The zero-order valence-electron chi connectivity index (χ0n) is 11.2. The lowest BCUT2D eigenvalue weighted by Gasteiger charge is -2.12. The lowest BCUT2D eigenvalue weighted by molar-refractivity contribution is 0.283. The van der Waals surface area contributed by atoms with Crippen molar-refractivity contribution in [1.29, 1.82) is 0 Å². The topological polar surface area (TPSA) is 96.1 Å². The molecule has 0 aliphatic rings. The van der Waals surface area contributed by atoms with Gasteiger partial charge in [-0.1, -0.05) is 12.8 Å². The van der Waals surface area contributed by atoms with Crippen molar-refractivity contribution in [2.75, 3.05) is 23.9 Å². The van der Waals surface area contributed by atoms with Crippen LogP contribution < -0.4 is 16.6 Å². The van der Waals surface area contributed by atoms with Crippen LogP contribution in [0.5, 0.6) is 0 Å². The Balaban J connectivity index is 2.44. The molecule has 0 amide bonds. The van der Waals surface area contributed by atoms with Gasteiger partial charge in [0.15, 0.2) is 0 Å². The number of hydrogen-bond acceptors (Lipinski definition) is 6. The largest absolute Gasteiger partial charge is 0.396 e. The number of nitrogens with two attached hydrogens (primary N) is 1. The number of rotatable bonds is 8. The van der Waals surface area contributed by atoms with Gasteiger partial charge in [0.05, 0.1) is 0 Å². The molecule has 1 heterocycles. The lowest BCUT2D eigenvalue weighted by Crippen LogP contribution is -2.14. The van der Waals surface area contributed by atoms with E-state index in [2.05, 4.69) is 20.7 Å². The molecule has 6 nitrogen and oxygen atoms in total. The lowest BCUT2D eigenvalue weighted by atomic mass is 10.2. The van der Waals surface area contributed by atoms with Gasteiger partial charge in [0.2, 0.25) is 0 Å². The summed E-state index contributed by atoms with van der Waals surface area (Å²) in [6.07, 6.45) is 4.12. The van der Waals surface area contributed by atoms with E-state index in [0.717, 1.165) is 43.6 Å². The highest BCUT2D eigenvalue weighted by atomic mass is 16.2. The van der Waals surface area contributed by atoms with Crippen LogP contribution in [-0.4, -0.2) is 28.2 Å². The number of aliphatic hydroxyl groups excluding tert-OH is 1. The molecule has 0 fully saturated rings. The number of anilines is 2. The molecule has 5 N–H and O–H groups in total. The van der Waals surface area contributed by atoms with Crippen molar-refractivity contribution in [3.63, 3.8) is 0 Å². The number of nitrogen functional groups attached to an aromatic ring is 1. The van der Waals surface area contributed by atoms with Crippen molar-refractivity contribution >= 4 is 11.6 Å². The van der Waals surface area contributed by atoms with Gasteiger partial charge >= 0.3 is 0 Å². The molecule has 6 heteroatoms. The molecule has 1 aromatic rings. The summed E-state index contributed by atoms with van der Waals surface area (Å²) < 4.78 is 0. The van der Waals surface area contributed by atoms with Crippen LogP contribution in [0.25, 0.3) is 0 Å². The summed E-state index contributed by atoms with van der Waals surface area (Å²) in [6, 6.07) is 0. The van der Waals surface area contributed by atoms with Crippen LogP contribution in [0.2, 0.25) is 0 Å². The van der Waals surface area contributed by atoms with Gasteiger partial charge in [-0.3, -0.25) is 0 Å². The van der Waals surface area contributed by atoms with E-state index >= 15 is 0 Å². The van der Waals surface area contributed by atoms with Gasteiger partial charge in [0.1, 0.15) is 17.5 Å². The third-order valence-corrected chi connectivity index (χ3v) is 2.77. The number of aryl methyl sites for hydroxylation is 1. The zero-order valence-corrected chi connectivity index (χ0v) is 11.2. The molecule has 1 rings (SSSR count). The average Bonchev–Trinajstić information content (AvgIpc) is 2.37. The molecule has 0 bridgehead atoms. The minimum atomic E-state index is 0.281. The van der Waals surface area contributed by atoms with E-state index in [4.69, 9.17) is 10.9 Å². The SMILES string of the molecule is Cc1nc(NN)c(C)c(NCCCCCCO)n1. The fourth-order valence-electron chi connectivity index (χ4n) is 1.74. The Morgan fingerprint density at radius 3 is 2.39 bits per heavy atom. The van der Waals surface area contributed by atoms with Gasteiger partial charge < -0.3 is 15.8 Å². The Morgan fingerprint density at radius 1 is 1.06 bits per heavy atom.